The number of ether oxygens (including phenoxy) is 1. The summed E-state index contributed by atoms with van der Waals surface area (Å²) in [5, 5.41) is 19.7. The van der Waals surface area contributed by atoms with E-state index in [1.807, 2.05) is 30.3 Å². The van der Waals surface area contributed by atoms with Gasteiger partial charge in [0.25, 0.3) is 0 Å². The Labute approximate surface area is 188 Å². The van der Waals surface area contributed by atoms with Gasteiger partial charge in [-0.05, 0) is 28.1 Å². The van der Waals surface area contributed by atoms with Crippen molar-refractivity contribution >= 4 is 42.4 Å². The van der Waals surface area contributed by atoms with Crippen molar-refractivity contribution in [3.8, 4) is 0 Å². The number of Topliss-reactive ketones (excluding diaryl/α,β-unsaturated/α-hetero) is 1. The molecule has 2 heterocycles. The molecule has 0 amide bonds. The molecule has 0 saturated heterocycles. The highest BCUT2D eigenvalue weighted by Crippen LogP contribution is 2.08. The number of tetrazole rings is 1. The number of carboxylic acid groups (broad SMARTS) is 1. The predicted octanol–water partition coefficient (Wildman–Crippen LogP) is 1.02. The van der Waals surface area contributed by atoms with Gasteiger partial charge in [0.05, 0.1) is 12.5 Å². The quantitative estimate of drug-likeness (QED) is 0.469. The van der Waals surface area contributed by atoms with Crippen LogP contribution in [0.1, 0.15) is 23.6 Å². The Balaban J connectivity index is 0.00000363. The van der Waals surface area contributed by atoms with Crippen molar-refractivity contribution in [2.45, 2.75) is 25.6 Å². The fraction of sp³-hybridized carbons (Fsp3) is 0.211. The Bertz CT molecular complexity index is 1100. The summed E-state index contributed by atoms with van der Waals surface area (Å²) in [6.45, 7) is -0.188. The second-order valence-electron chi connectivity index (χ2n) is 6.39. The summed E-state index contributed by atoms with van der Waals surface area (Å²) >= 11 is 0. The predicted molar refractivity (Wildman–Crippen MR) is 113 cm³/mol. The van der Waals surface area contributed by atoms with Crippen molar-refractivity contribution in [1.82, 2.24) is 29.8 Å². The number of imidazole rings is 1. The summed E-state index contributed by atoms with van der Waals surface area (Å²) in [5.74, 6) is -1.25. The number of carbonyl (C=O) groups excluding carboxylic acids is 2. The highest BCUT2D eigenvalue weighted by atomic mass is 35.5. The van der Waals surface area contributed by atoms with Crippen molar-refractivity contribution in [1.29, 1.82) is 0 Å². The SMILES string of the molecule is Cl.NC(CC(=O)O)C(=O)Cn1nnnc1/C=C/c1nccn1C(=O)OCc1ccccc1. The number of ketones is 1. The number of carboxylic acids is 1. The van der Waals surface area contributed by atoms with E-state index in [1.165, 1.54) is 33.8 Å². The fourth-order valence-corrected chi connectivity index (χ4v) is 2.54. The normalized spacial score (nSPS) is 11.7. The van der Waals surface area contributed by atoms with Crippen molar-refractivity contribution in [2.24, 2.45) is 5.73 Å². The van der Waals surface area contributed by atoms with E-state index in [4.69, 9.17) is 15.6 Å². The summed E-state index contributed by atoms with van der Waals surface area (Å²) in [5.41, 5.74) is 6.41. The molecule has 0 aliphatic carbocycles. The van der Waals surface area contributed by atoms with E-state index in [2.05, 4.69) is 20.5 Å². The van der Waals surface area contributed by atoms with Gasteiger partial charge in [-0.2, -0.15) is 0 Å². The molecule has 3 aromatic rings. The second kappa shape index (κ2) is 11.5. The number of aliphatic carboxylic acids is 1. The van der Waals surface area contributed by atoms with E-state index in [9.17, 15) is 14.4 Å². The Morgan fingerprint density at radius 3 is 2.59 bits per heavy atom. The van der Waals surface area contributed by atoms with E-state index >= 15 is 0 Å². The van der Waals surface area contributed by atoms with Crippen LogP contribution < -0.4 is 5.73 Å². The van der Waals surface area contributed by atoms with Crippen LogP contribution in [0.4, 0.5) is 4.79 Å². The van der Waals surface area contributed by atoms with Crippen LogP contribution in [-0.2, 0) is 27.5 Å². The first-order chi connectivity index (χ1) is 14.9. The zero-order chi connectivity index (χ0) is 22.2. The Morgan fingerprint density at radius 1 is 1.16 bits per heavy atom. The van der Waals surface area contributed by atoms with Crippen molar-refractivity contribution in [3.63, 3.8) is 0 Å². The summed E-state index contributed by atoms with van der Waals surface area (Å²) in [4.78, 5) is 39.2. The van der Waals surface area contributed by atoms with Crippen LogP contribution >= 0.6 is 12.4 Å². The third-order valence-electron chi connectivity index (χ3n) is 4.13. The number of nitrogens with zero attached hydrogens (tertiary/aromatic N) is 6. The number of halogens is 1. The maximum atomic E-state index is 12.4. The lowest BCUT2D eigenvalue weighted by Gasteiger charge is -2.08. The number of aromatic nitrogens is 6. The largest absolute Gasteiger partial charge is 0.481 e. The monoisotopic (exact) mass is 461 g/mol. The molecule has 168 valence electrons. The first-order valence-corrected chi connectivity index (χ1v) is 9.13. The molecule has 0 radical (unpaired) electrons. The van der Waals surface area contributed by atoms with Crippen LogP contribution in [0, 0.1) is 0 Å². The lowest BCUT2D eigenvalue weighted by molar-refractivity contribution is -0.139. The standard InChI is InChI=1S/C19H19N7O5.ClH/c20-14(10-18(28)29)15(27)11-26-17(22-23-24-26)7-6-16-21-8-9-25(16)19(30)31-12-13-4-2-1-3-5-13;/h1-9,14H,10-12,20H2,(H,28,29);1H/b7-6+;. The van der Waals surface area contributed by atoms with E-state index in [-0.39, 0.29) is 37.2 Å². The number of hydrogen-bond acceptors (Lipinski definition) is 9. The molecule has 3 N–H and O–H groups in total. The van der Waals surface area contributed by atoms with Gasteiger partial charge in [-0.3, -0.25) is 9.59 Å². The van der Waals surface area contributed by atoms with E-state index < -0.39 is 30.3 Å². The summed E-state index contributed by atoms with van der Waals surface area (Å²) < 4.78 is 7.66. The smallest absolute Gasteiger partial charge is 0.420 e. The summed E-state index contributed by atoms with van der Waals surface area (Å²) in [7, 11) is 0. The highest BCUT2D eigenvalue weighted by Gasteiger charge is 2.19. The molecule has 0 saturated carbocycles. The fourth-order valence-electron chi connectivity index (χ4n) is 2.54. The minimum Gasteiger partial charge on any atom is -0.481 e. The number of carbonyl (C=O) groups is 3. The molecular weight excluding hydrogens is 442 g/mol. The number of nitrogens with two attached hydrogens (primary N) is 1. The molecular formula is C19H20ClN7O5. The molecule has 32 heavy (non-hydrogen) atoms. The van der Waals surface area contributed by atoms with Gasteiger partial charge in [0.2, 0.25) is 0 Å². The van der Waals surface area contributed by atoms with Gasteiger partial charge >= 0.3 is 12.1 Å². The van der Waals surface area contributed by atoms with Crippen LogP contribution in [0.5, 0.6) is 0 Å². The lowest BCUT2D eigenvalue weighted by atomic mass is 10.1. The summed E-state index contributed by atoms with van der Waals surface area (Å²) in [6.07, 6.45) is 4.71. The first kappa shape index (κ1) is 24.4. The lowest BCUT2D eigenvalue weighted by Crippen LogP contribution is -2.35. The van der Waals surface area contributed by atoms with Gasteiger partial charge in [-0.25, -0.2) is 19.0 Å². The molecule has 12 nitrogen and oxygen atoms in total. The van der Waals surface area contributed by atoms with Crippen LogP contribution in [0.3, 0.4) is 0 Å². The van der Waals surface area contributed by atoms with Crippen molar-refractivity contribution in [2.75, 3.05) is 0 Å². The molecule has 0 aliphatic heterocycles. The number of benzene rings is 1. The molecule has 0 fully saturated rings. The molecule has 0 aliphatic rings. The molecule has 13 heteroatoms. The number of rotatable bonds is 9. The first-order valence-electron chi connectivity index (χ1n) is 9.13. The van der Waals surface area contributed by atoms with Gasteiger partial charge in [-0.1, -0.05) is 30.3 Å². The van der Waals surface area contributed by atoms with Gasteiger partial charge in [0, 0.05) is 12.4 Å². The minimum absolute atomic E-state index is 0. The van der Waals surface area contributed by atoms with Gasteiger partial charge in [0.1, 0.15) is 19.0 Å². The molecule has 0 bridgehead atoms. The van der Waals surface area contributed by atoms with E-state index in [0.717, 1.165) is 5.56 Å². The minimum atomic E-state index is -1.18. The molecule has 0 spiro atoms. The van der Waals surface area contributed by atoms with Gasteiger partial charge < -0.3 is 15.6 Å². The van der Waals surface area contributed by atoms with E-state index in [0.29, 0.717) is 0 Å². The third kappa shape index (κ3) is 6.55. The molecule has 1 atom stereocenters. The average molecular weight is 462 g/mol. The maximum absolute atomic E-state index is 12.4. The maximum Gasteiger partial charge on any atom is 0.420 e. The molecule has 2 aromatic heterocycles. The topological polar surface area (TPSA) is 168 Å². The molecule has 3 rings (SSSR count). The van der Waals surface area contributed by atoms with Crippen LogP contribution in [0.25, 0.3) is 12.2 Å². The van der Waals surface area contributed by atoms with E-state index in [1.54, 1.807) is 0 Å². The third-order valence-corrected chi connectivity index (χ3v) is 4.13. The highest BCUT2D eigenvalue weighted by molar-refractivity contribution is 5.87. The van der Waals surface area contributed by atoms with Crippen LogP contribution in [-0.4, -0.2) is 58.8 Å². The van der Waals surface area contributed by atoms with Gasteiger partial charge in [-0.15, -0.1) is 17.5 Å². The van der Waals surface area contributed by atoms with Gasteiger partial charge in [0.15, 0.2) is 11.6 Å². The Kier molecular flexibility index (Phi) is 8.74. The molecule has 1 aromatic carbocycles. The van der Waals surface area contributed by atoms with Crippen LogP contribution in [0.2, 0.25) is 0 Å². The van der Waals surface area contributed by atoms with Crippen molar-refractivity contribution in [3.05, 3.63) is 59.9 Å². The number of hydrogen-bond donors (Lipinski definition) is 2. The van der Waals surface area contributed by atoms with Crippen LogP contribution in [0.15, 0.2) is 42.7 Å². The summed E-state index contributed by atoms with van der Waals surface area (Å²) in [6, 6.07) is 8.06. The molecule has 1 unspecified atom stereocenters. The van der Waals surface area contributed by atoms with Crippen molar-refractivity contribution < 1.29 is 24.2 Å². The zero-order valence-corrected chi connectivity index (χ0v) is 17.5. The zero-order valence-electron chi connectivity index (χ0n) is 16.6. The Morgan fingerprint density at radius 2 is 1.88 bits per heavy atom. The average Bonchev–Trinajstić information content (AvgIpc) is 3.40. The second-order valence-corrected chi connectivity index (χ2v) is 6.39. The Hall–Kier alpha value is -3.90.